The van der Waals surface area contributed by atoms with Gasteiger partial charge in [0.25, 0.3) is 0 Å². The van der Waals surface area contributed by atoms with E-state index in [4.69, 9.17) is 9.47 Å². The average Bonchev–Trinajstić information content (AvgIpc) is 2.65. The number of ether oxygens (including phenoxy) is 2. The topological polar surface area (TPSA) is 35.5 Å². The summed E-state index contributed by atoms with van der Waals surface area (Å²) < 4.78 is 10.6. The van der Waals surface area contributed by atoms with Crippen LogP contribution in [0, 0.1) is 0 Å². The Hall–Kier alpha value is -0.410. The molecule has 14 heavy (non-hydrogen) atoms. The molecule has 0 aromatic heterocycles. The second-order valence-electron chi connectivity index (χ2n) is 3.78. The maximum atomic E-state index is 10.4. The Labute approximate surface area is 85.8 Å². The predicted molar refractivity (Wildman–Crippen MR) is 54.1 cm³/mol. The molecule has 1 aliphatic heterocycles. The van der Waals surface area contributed by atoms with Crippen LogP contribution in [0.1, 0.15) is 45.4 Å². The molecule has 0 aromatic rings. The van der Waals surface area contributed by atoms with E-state index < -0.39 is 0 Å². The summed E-state index contributed by atoms with van der Waals surface area (Å²) in [4.78, 5) is 10.4. The van der Waals surface area contributed by atoms with Gasteiger partial charge >= 0.3 is 0 Å². The van der Waals surface area contributed by atoms with Crippen molar-refractivity contribution in [3.63, 3.8) is 0 Å². The van der Waals surface area contributed by atoms with E-state index >= 15 is 0 Å². The summed E-state index contributed by atoms with van der Waals surface area (Å²) in [6.07, 6.45) is 7.53. The number of carbonyl (C=O) groups is 1. The summed E-state index contributed by atoms with van der Waals surface area (Å²) in [5.41, 5.74) is 0. The van der Waals surface area contributed by atoms with Gasteiger partial charge in [0.2, 0.25) is 0 Å². The van der Waals surface area contributed by atoms with Crippen LogP contribution in [0.3, 0.4) is 0 Å². The van der Waals surface area contributed by atoms with E-state index in [9.17, 15) is 4.79 Å². The molecule has 1 aliphatic rings. The van der Waals surface area contributed by atoms with Gasteiger partial charge in [-0.05, 0) is 12.8 Å². The summed E-state index contributed by atoms with van der Waals surface area (Å²) in [6.45, 7) is 2.64. The van der Waals surface area contributed by atoms with Crippen molar-refractivity contribution in [3.05, 3.63) is 0 Å². The fourth-order valence-electron chi connectivity index (χ4n) is 1.61. The highest BCUT2D eigenvalue weighted by atomic mass is 16.7. The van der Waals surface area contributed by atoms with Crippen LogP contribution in [0.5, 0.6) is 0 Å². The fraction of sp³-hybridized carbons (Fsp3) is 0.909. The van der Waals surface area contributed by atoms with Crippen molar-refractivity contribution in [1.82, 2.24) is 0 Å². The molecule has 3 nitrogen and oxygen atoms in total. The molecule has 0 saturated carbocycles. The van der Waals surface area contributed by atoms with Gasteiger partial charge < -0.3 is 14.3 Å². The van der Waals surface area contributed by atoms with E-state index in [-0.39, 0.29) is 12.4 Å². The summed E-state index contributed by atoms with van der Waals surface area (Å²) >= 11 is 0. The predicted octanol–water partition coefficient (Wildman–Crippen LogP) is 2.29. The Morgan fingerprint density at radius 1 is 1.29 bits per heavy atom. The van der Waals surface area contributed by atoms with Crippen molar-refractivity contribution in [1.29, 1.82) is 0 Å². The van der Waals surface area contributed by atoms with Crippen LogP contribution in [0.4, 0.5) is 0 Å². The second-order valence-corrected chi connectivity index (χ2v) is 3.78. The molecule has 0 aromatic carbocycles. The Morgan fingerprint density at radius 2 is 2.07 bits per heavy atom. The molecule has 3 heteroatoms. The smallest absolute Gasteiger partial charge is 0.158 e. The van der Waals surface area contributed by atoms with Crippen LogP contribution < -0.4 is 0 Å². The van der Waals surface area contributed by atoms with Crippen molar-refractivity contribution in [2.75, 3.05) is 6.61 Å². The standard InChI is InChI=1S/C11H20O3/c1-2-3-4-5-6-7-11-13-9-10(8-12)14-11/h8,10-11H,2-7,9H2,1H3. The molecule has 0 spiro atoms. The highest BCUT2D eigenvalue weighted by Crippen LogP contribution is 2.16. The lowest BCUT2D eigenvalue weighted by atomic mass is 10.1. The van der Waals surface area contributed by atoms with Gasteiger partial charge in [-0.1, -0.05) is 32.6 Å². The van der Waals surface area contributed by atoms with Crippen LogP contribution in [0.25, 0.3) is 0 Å². The largest absolute Gasteiger partial charge is 0.349 e. The number of hydrogen-bond donors (Lipinski definition) is 0. The van der Waals surface area contributed by atoms with Gasteiger partial charge in [-0.15, -0.1) is 0 Å². The van der Waals surface area contributed by atoms with E-state index in [0.717, 1.165) is 19.1 Å². The first-order chi connectivity index (χ1) is 6.86. The van der Waals surface area contributed by atoms with Gasteiger partial charge in [-0.2, -0.15) is 0 Å². The Morgan fingerprint density at radius 3 is 2.71 bits per heavy atom. The maximum Gasteiger partial charge on any atom is 0.158 e. The van der Waals surface area contributed by atoms with Crippen LogP contribution in [0.2, 0.25) is 0 Å². The van der Waals surface area contributed by atoms with Crippen molar-refractivity contribution < 1.29 is 14.3 Å². The molecule has 2 atom stereocenters. The molecule has 1 heterocycles. The number of unbranched alkanes of at least 4 members (excludes halogenated alkanes) is 4. The fourth-order valence-corrected chi connectivity index (χ4v) is 1.61. The molecule has 0 aliphatic carbocycles. The Balaban J connectivity index is 1.95. The number of hydrogen-bond acceptors (Lipinski definition) is 3. The first-order valence-electron chi connectivity index (χ1n) is 5.59. The normalized spacial score (nSPS) is 26.6. The molecule has 1 rings (SSSR count). The van der Waals surface area contributed by atoms with Gasteiger partial charge in [-0.25, -0.2) is 0 Å². The zero-order chi connectivity index (χ0) is 10.2. The lowest BCUT2D eigenvalue weighted by Gasteiger charge is -2.08. The third kappa shape index (κ3) is 4.20. The van der Waals surface area contributed by atoms with Gasteiger partial charge in [0.15, 0.2) is 12.6 Å². The summed E-state index contributed by atoms with van der Waals surface area (Å²) in [5, 5.41) is 0. The molecule has 0 bridgehead atoms. The minimum absolute atomic E-state index is 0.133. The number of aldehydes is 1. The van der Waals surface area contributed by atoms with E-state index in [1.807, 2.05) is 0 Å². The van der Waals surface area contributed by atoms with Crippen molar-refractivity contribution in [2.24, 2.45) is 0 Å². The molecular formula is C11H20O3. The third-order valence-corrected chi connectivity index (χ3v) is 2.47. The number of carbonyl (C=O) groups excluding carboxylic acids is 1. The van der Waals surface area contributed by atoms with Crippen molar-refractivity contribution >= 4 is 6.29 Å². The second kappa shape index (κ2) is 6.96. The zero-order valence-electron chi connectivity index (χ0n) is 8.91. The quantitative estimate of drug-likeness (QED) is 0.467. The maximum absolute atomic E-state index is 10.4. The first-order valence-corrected chi connectivity index (χ1v) is 5.59. The first kappa shape index (κ1) is 11.7. The minimum Gasteiger partial charge on any atom is -0.349 e. The van der Waals surface area contributed by atoms with Crippen LogP contribution in [-0.4, -0.2) is 25.3 Å². The average molecular weight is 200 g/mol. The van der Waals surface area contributed by atoms with Gasteiger partial charge in [0.05, 0.1) is 6.61 Å². The lowest BCUT2D eigenvalue weighted by molar-refractivity contribution is -0.119. The highest BCUT2D eigenvalue weighted by molar-refractivity contribution is 5.56. The number of rotatable bonds is 7. The van der Waals surface area contributed by atoms with Crippen LogP contribution in [0.15, 0.2) is 0 Å². The molecule has 1 fully saturated rings. The molecule has 2 unspecified atom stereocenters. The summed E-state index contributed by atoms with van der Waals surface area (Å²) in [5.74, 6) is 0. The summed E-state index contributed by atoms with van der Waals surface area (Å²) in [7, 11) is 0. The van der Waals surface area contributed by atoms with E-state index in [1.54, 1.807) is 0 Å². The van der Waals surface area contributed by atoms with E-state index in [2.05, 4.69) is 6.92 Å². The molecule has 0 radical (unpaired) electrons. The van der Waals surface area contributed by atoms with Gasteiger partial charge in [0.1, 0.15) is 6.10 Å². The highest BCUT2D eigenvalue weighted by Gasteiger charge is 2.24. The molecule has 82 valence electrons. The van der Waals surface area contributed by atoms with Crippen LogP contribution in [-0.2, 0) is 14.3 Å². The van der Waals surface area contributed by atoms with Gasteiger partial charge in [0, 0.05) is 0 Å². The van der Waals surface area contributed by atoms with Gasteiger partial charge in [-0.3, -0.25) is 0 Å². The van der Waals surface area contributed by atoms with E-state index in [0.29, 0.717) is 6.61 Å². The SMILES string of the molecule is CCCCCCCC1OCC(C=O)O1. The van der Waals surface area contributed by atoms with Crippen LogP contribution >= 0.6 is 0 Å². The Kier molecular flexibility index (Phi) is 5.80. The summed E-state index contributed by atoms with van der Waals surface area (Å²) in [6, 6.07) is 0. The lowest BCUT2D eigenvalue weighted by Crippen LogP contribution is -2.13. The third-order valence-electron chi connectivity index (χ3n) is 2.47. The monoisotopic (exact) mass is 200 g/mol. The zero-order valence-corrected chi connectivity index (χ0v) is 8.91. The molecule has 0 amide bonds. The molecule has 0 N–H and O–H groups in total. The molecule has 1 saturated heterocycles. The van der Waals surface area contributed by atoms with Crippen molar-refractivity contribution in [2.45, 2.75) is 57.8 Å². The molecular weight excluding hydrogens is 180 g/mol. The van der Waals surface area contributed by atoms with E-state index in [1.165, 1.54) is 25.7 Å². The Bertz CT molecular complexity index is 159. The minimum atomic E-state index is -0.323. The van der Waals surface area contributed by atoms with Crippen molar-refractivity contribution in [3.8, 4) is 0 Å².